The predicted molar refractivity (Wildman–Crippen MR) is 76.4 cm³/mol. The Labute approximate surface area is 115 Å². The number of rotatable bonds is 1. The fourth-order valence-corrected chi connectivity index (χ4v) is 5.08. The van der Waals surface area contributed by atoms with Crippen LogP contribution in [0.3, 0.4) is 0 Å². The zero-order valence-corrected chi connectivity index (χ0v) is 11.9. The second-order valence-electron chi connectivity index (χ2n) is 6.65. The summed E-state index contributed by atoms with van der Waals surface area (Å²) in [5.41, 5.74) is 3.35. The van der Waals surface area contributed by atoms with Gasteiger partial charge in [-0.2, -0.15) is 0 Å². The van der Waals surface area contributed by atoms with E-state index in [1.807, 2.05) is 0 Å². The van der Waals surface area contributed by atoms with Crippen LogP contribution in [0.1, 0.15) is 43.7 Å². The Hall–Kier alpha value is -1.02. The van der Waals surface area contributed by atoms with Gasteiger partial charge in [-0.05, 0) is 61.3 Å². The smallest absolute Gasteiger partial charge is 0.119 e. The molecule has 102 valence electrons. The van der Waals surface area contributed by atoms with Gasteiger partial charge in [-0.3, -0.25) is 0 Å². The number of methoxy groups -OCH3 is 1. The van der Waals surface area contributed by atoms with Crippen LogP contribution >= 0.6 is 0 Å². The summed E-state index contributed by atoms with van der Waals surface area (Å²) in [7, 11) is 1.77. The van der Waals surface area contributed by atoms with Crippen molar-refractivity contribution < 1.29 is 4.74 Å². The second kappa shape index (κ2) is 3.99. The van der Waals surface area contributed by atoms with Crippen molar-refractivity contribution in [3.8, 4) is 5.75 Å². The lowest BCUT2D eigenvalue weighted by Crippen LogP contribution is -2.47. The SMILES string of the molecule is COc1ccc2c(c1)[C@]13CCCC[C@H]1[C@H](C2)C(C)N3. The number of benzene rings is 1. The summed E-state index contributed by atoms with van der Waals surface area (Å²) in [6.07, 6.45) is 6.73. The number of hydrogen-bond donors (Lipinski definition) is 1. The van der Waals surface area contributed by atoms with Gasteiger partial charge >= 0.3 is 0 Å². The largest absolute Gasteiger partial charge is 0.497 e. The summed E-state index contributed by atoms with van der Waals surface area (Å²) in [6, 6.07) is 7.38. The molecular formula is C17H23NO. The summed E-state index contributed by atoms with van der Waals surface area (Å²) in [4.78, 5) is 0. The van der Waals surface area contributed by atoms with Crippen molar-refractivity contribution in [2.24, 2.45) is 11.8 Å². The first-order valence-corrected chi connectivity index (χ1v) is 7.70. The van der Waals surface area contributed by atoms with E-state index in [9.17, 15) is 0 Å². The van der Waals surface area contributed by atoms with Gasteiger partial charge in [-0.1, -0.05) is 18.9 Å². The minimum atomic E-state index is 0.254. The lowest BCUT2D eigenvalue weighted by Gasteiger charge is -2.45. The Kier molecular flexibility index (Phi) is 2.47. The summed E-state index contributed by atoms with van der Waals surface area (Å²) < 4.78 is 5.46. The Morgan fingerprint density at radius 3 is 3.05 bits per heavy atom. The Morgan fingerprint density at radius 1 is 1.32 bits per heavy atom. The van der Waals surface area contributed by atoms with E-state index in [1.165, 1.54) is 37.7 Å². The van der Waals surface area contributed by atoms with Crippen molar-refractivity contribution in [2.45, 2.75) is 50.6 Å². The number of ether oxygens (including phenoxy) is 1. The molecule has 19 heavy (non-hydrogen) atoms. The van der Waals surface area contributed by atoms with E-state index < -0.39 is 0 Å². The molecule has 2 fully saturated rings. The van der Waals surface area contributed by atoms with Gasteiger partial charge < -0.3 is 10.1 Å². The molecule has 0 aromatic heterocycles. The van der Waals surface area contributed by atoms with E-state index in [0.717, 1.165) is 17.6 Å². The first-order valence-electron chi connectivity index (χ1n) is 7.70. The highest BCUT2D eigenvalue weighted by molar-refractivity contribution is 5.45. The minimum Gasteiger partial charge on any atom is -0.497 e. The fraction of sp³-hybridized carbons (Fsp3) is 0.647. The Morgan fingerprint density at radius 2 is 2.21 bits per heavy atom. The monoisotopic (exact) mass is 257 g/mol. The highest BCUT2D eigenvalue weighted by Crippen LogP contribution is 2.56. The van der Waals surface area contributed by atoms with E-state index in [0.29, 0.717) is 6.04 Å². The van der Waals surface area contributed by atoms with Crippen LogP contribution in [0, 0.1) is 11.8 Å². The zero-order valence-electron chi connectivity index (χ0n) is 11.9. The van der Waals surface area contributed by atoms with Crippen LogP contribution in [-0.2, 0) is 12.0 Å². The third-order valence-corrected chi connectivity index (χ3v) is 5.87. The highest BCUT2D eigenvalue weighted by atomic mass is 16.5. The van der Waals surface area contributed by atoms with Gasteiger partial charge in [-0.15, -0.1) is 0 Å². The Balaban J connectivity index is 1.89. The van der Waals surface area contributed by atoms with Crippen molar-refractivity contribution in [2.75, 3.05) is 7.11 Å². The molecule has 0 amide bonds. The van der Waals surface area contributed by atoms with Crippen LogP contribution in [0.2, 0.25) is 0 Å². The quantitative estimate of drug-likeness (QED) is 0.834. The summed E-state index contributed by atoms with van der Waals surface area (Å²) >= 11 is 0. The fourth-order valence-electron chi connectivity index (χ4n) is 5.08. The summed E-state index contributed by atoms with van der Waals surface area (Å²) in [6.45, 7) is 2.38. The molecule has 2 heteroatoms. The maximum atomic E-state index is 5.46. The van der Waals surface area contributed by atoms with E-state index in [4.69, 9.17) is 4.74 Å². The molecule has 1 aromatic rings. The molecule has 1 unspecified atom stereocenters. The van der Waals surface area contributed by atoms with Crippen LogP contribution in [0.4, 0.5) is 0 Å². The molecule has 1 saturated heterocycles. The molecule has 1 heterocycles. The van der Waals surface area contributed by atoms with Crippen molar-refractivity contribution in [3.63, 3.8) is 0 Å². The molecule has 3 aliphatic rings. The molecular weight excluding hydrogens is 234 g/mol. The predicted octanol–water partition coefficient (Wildman–Crippen LogP) is 3.24. The molecule has 2 aliphatic carbocycles. The van der Waals surface area contributed by atoms with E-state index in [-0.39, 0.29) is 5.54 Å². The van der Waals surface area contributed by atoms with Crippen LogP contribution < -0.4 is 10.1 Å². The topological polar surface area (TPSA) is 21.3 Å². The van der Waals surface area contributed by atoms with E-state index >= 15 is 0 Å². The molecule has 0 radical (unpaired) electrons. The molecule has 1 aliphatic heterocycles. The molecule has 4 rings (SSSR count). The average Bonchev–Trinajstić information content (AvgIpc) is 2.67. The number of fused-ring (bicyclic) bond motifs is 1. The lowest BCUT2D eigenvalue weighted by molar-refractivity contribution is 0.153. The van der Waals surface area contributed by atoms with Gasteiger partial charge in [0.15, 0.2) is 0 Å². The van der Waals surface area contributed by atoms with Gasteiger partial charge in [0.1, 0.15) is 5.75 Å². The van der Waals surface area contributed by atoms with Gasteiger partial charge in [-0.25, -0.2) is 0 Å². The maximum Gasteiger partial charge on any atom is 0.119 e. The van der Waals surface area contributed by atoms with Gasteiger partial charge in [0.2, 0.25) is 0 Å². The molecule has 2 bridgehead atoms. The molecule has 0 spiro atoms. The van der Waals surface area contributed by atoms with Gasteiger partial charge in [0.25, 0.3) is 0 Å². The minimum absolute atomic E-state index is 0.254. The first kappa shape index (κ1) is 11.8. The third-order valence-electron chi connectivity index (χ3n) is 5.87. The van der Waals surface area contributed by atoms with Crippen molar-refractivity contribution in [3.05, 3.63) is 29.3 Å². The van der Waals surface area contributed by atoms with Gasteiger partial charge in [0, 0.05) is 11.6 Å². The molecule has 1 saturated carbocycles. The Bertz CT molecular complexity index is 512. The first-order chi connectivity index (χ1) is 9.24. The van der Waals surface area contributed by atoms with Crippen LogP contribution in [0.15, 0.2) is 18.2 Å². The maximum absolute atomic E-state index is 5.46. The average molecular weight is 257 g/mol. The van der Waals surface area contributed by atoms with Gasteiger partial charge in [0.05, 0.1) is 7.11 Å². The number of hydrogen-bond acceptors (Lipinski definition) is 2. The third kappa shape index (κ3) is 1.47. The number of nitrogens with one attached hydrogen (secondary N) is 1. The van der Waals surface area contributed by atoms with E-state index in [2.05, 4.69) is 30.4 Å². The summed E-state index contributed by atoms with van der Waals surface area (Å²) in [5.74, 6) is 2.69. The van der Waals surface area contributed by atoms with E-state index in [1.54, 1.807) is 12.7 Å². The molecule has 1 aromatic carbocycles. The van der Waals surface area contributed by atoms with Crippen molar-refractivity contribution >= 4 is 0 Å². The molecule has 1 N–H and O–H groups in total. The summed E-state index contributed by atoms with van der Waals surface area (Å²) in [5, 5.41) is 3.98. The normalized spacial score (nSPS) is 39.6. The molecule has 4 atom stereocenters. The lowest BCUT2D eigenvalue weighted by atomic mass is 9.61. The zero-order chi connectivity index (χ0) is 13.0. The highest BCUT2D eigenvalue weighted by Gasteiger charge is 2.56. The van der Waals surface area contributed by atoms with Crippen LogP contribution in [0.5, 0.6) is 5.75 Å². The standard InChI is InChI=1S/C17H23NO/c1-11-14-9-12-6-7-13(19-2)10-16(12)17(18-11)8-4-3-5-15(14)17/h6-7,10-11,14-15,18H,3-5,8-9H2,1-2H3/t11?,14-,15+,17+/m1/s1. The van der Waals surface area contributed by atoms with Crippen LogP contribution in [0.25, 0.3) is 0 Å². The molecule has 2 nitrogen and oxygen atoms in total. The second-order valence-corrected chi connectivity index (χ2v) is 6.65. The van der Waals surface area contributed by atoms with Crippen molar-refractivity contribution in [1.82, 2.24) is 5.32 Å². The van der Waals surface area contributed by atoms with Crippen LogP contribution in [-0.4, -0.2) is 13.2 Å². The van der Waals surface area contributed by atoms with Crippen molar-refractivity contribution in [1.29, 1.82) is 0 Å².